The van der Waals surface area contributed by atoms with Gasteiger partial charge in [0.2, 0.25) is 11.8 Å². The number of nitrogens with zero attached hydrogens (tertiary/aromatic N) is 5. The highest BCUT2D eigenvalue weighted by atomic mass is 16.2. The summed E-state index contributed by atoms with van der Waals surface area (Å²) in [5.74, 6) is 1.96. The Labute approximate surface area is 172 Å². The van der Waals surface area contributed by atoms with E-state index in [2.05, 4.69) is 10.2 Å². The van der Waals surface area contributed by atoms with Crippen LogP contribution in [0, 0.1) is 0 Å². The second kappa shape index (κ2) is 8.65. The van der Waals surface area contributed by atoms with Gasteiger partial charge < -0.3 is 15.1 Å². The molecule has 0 saturated carbocycles. The van der Waals surface area contributed by atoms with Gasteiger partial charge in [0.05, 0.1) is 24.8 Å². The van der Waals surface area contributed by atoms with Crippen molar-refractivity contribution in [1.82, 2.24) is 24.7 Å². The Morgan fingerprint density at radius 2 is 1.79 bits per heavy atom. The topological polar surface area (TPSA) is 81.7 Å². The molecule has 0 aromatic carbocycles. The molecule has 1 aromatic heterocycles. The molecule has 2 fully saturated rings. The van der Waals surface area contributed by atoms with Crippen molar-refractivity contribution in [1.29, 1.82) is 0 Å². The number of amides is 2. The predicted octanol–water partition coefficient (Wildman–Crippen LogP) is 1.57. The second-order valence-electron chi connectivity index (χ2n) is 8.37. The highest BCUT2D eigenvalue weighted by Gasteiger charge is 2.32. The number of carbonyl (C=O) groups is 2. The zero-order valence-corrected chi connectivity index (χ0v) is 17.6. The monoisotopic (exact) mass is 400 g/mol. The van der Waals surface area contributed by atoms with Gasteiger partial charge in [-0.25, -0.2) is 9.97 Å². The third-order valence-corrected chi connectivity index (χ3v) is 6.47. The summed E-state index contributed by atoms with van der Waals surface area (Å²) in [6.45, 7) is 5.97. The lowest BCUT2D eigenvalue weighted by Gasteiger charge is -2.36. The summed E-state index contributed by atoms with van der Waals surface area (Å²) in [5, 5.41) is 3.23. The summed E-state index contributed by atoms with van der Waals surface area (Å²) in [6, 6.07) is 0.0559. The largest absolute Gasteiger partial charge is 0.373 e. The number of fused-ring (bicyclic) bond motifs is 1. The van der Waals surface area contributed by atoms with Crippen LogP contribution in [-0.2, 0) is 22.6 Å². The lowest BCUT2D eigenvalue weighted by molar-refractivity contribution is -0.132. The fraction of sp³-hybridized carbons (Fsp3) is 0.714. The Kier molecular flexibility index (Phi) is 5.99. The van der Waals surface area contributed by atoms with E-state index in [1.165, 1.54) is 0 Å². The van der Waals surface area contributed by atoms with Crippen LogP contribution in [-0.4, -0.2) is 76.3 Å². The molecule has 4 rings (SSSR count). The summed E-state index contributed by atoms with van der Waals surface area (Å²) in [4.78, 5) is 40.5. The van der Waals surface area contributed by atoms with E-state index in [0.29, 0.717) is 19.6 Å². The average molecular weight is 401 g/mol. The number of hydrogen-bond acceptors (Lipinski definition) is 6. The molecule has 1 atom stereocenters. The van der Waals surface area contributed by atoms with Gasteiger partial charge in [0, 0.05) is 39.2 Å². The highest BCUT2D eigenvalue weighted by molar-refractivity contribution is 5.78. The van der Waals surface area contributed by atoms with Crippen LogP contribution >= 0.6 is 0 Å². The second-order valence-corrected chi connectivity index (χ2v) is 8.37. The zero-order chi connectivity index (χ0) is 20.4. The van der Waals surface area contributed by atoms with Gasteiger partial charge in [-0.15, -0.1) is 0 Å². The molecule has 1 aromatic rings. The number of rotatable bonds is 4. The number of piperidine rings is 1. The van der Waals surface area contributed by atoms with E-state index in [1.54, 1.807) is 6.92 Å². The maximum atomic E-state index is 12.8. The lowest BCUT2D eigenvalue weighted by Crippen LogP contribution is -2.43. The molecule has 1 N–H and O–H groups in total. The van der Waals surface area contributed by atoms with Gasteiger partial charge in [-0.3, -0.25) is 14.5 Å². The number of nitrogens with one attached hydrogen (secondary N) is 1. The minimum Gasteiger partial charge on any atom is -0.373 e. The SMILES string of the molecule is CNc1nc(C2CCCCN2CC(=O)N2CCCC2)nc2c1CCN(C(C)=O)C2. The molecule has 2 saturated heterocycles. The normalized spacial score (nSPS) is 22.5. The first-order chi connectivity index (χ1) is 14.1. The fourth-order valence-corrected chi connectivity index (χ4v) is 4.79. The summed E-state index contributed by atoms with van der Waals surface area (Å²) in [7, 11) is 1.89. The number of carbonyl (C=O) groups excluding carboxylic acids is 2. The maximum Gasteiger partial charge on any atom is 0.236 e. The number of anilines is 1. The third-order valence-electron chi connectivity index (χ3n) is 6.47. The Balaban J connectivity index is 1.58. The van der Waals surface area contributed by atoms with Gasteiger partial charge in [0.25, 0.3) is 0 Å². The van der Waals surface area contributed by atoms with Crippen molar-refractivity contribution in [3.8, 4) is 0 Å². The van der Waals surface area contributed by atoms with Gasteiger partial charge in [-0.05, 0) is 38.6 Å². The lowest BCUT2D eigenvalue weighted by atomic mass is 9.99. The van der Waals surface area contributed by atoms with Crippen LogP contribution < -0.4 is 5.32 Å². The molecule has 0 spiro atoms. The van der Waals surface area contributed by atoms with Crippen molar-refractivity contribution in [2.45, 2.75) is 58.0 Å². The Bertz CT molecular complexity index is 777. The van der Waals surface area contributed by atoms with Crippen molar-refractivity contribution in [2.24, 2.45) is 0 Å². The molecule has 8 nitrogen and oxygen atoms in total. The molecule has 3 aliphatic heterocycles. The van der Waals surface area contributed by atoms with Gasteiger partial charge >= 0.3 is 0 Å². The first kappa shape index (κ1) is 20.1. The Morgan fingerprint density at radius 1 is 1.03 bits per heavy atom. The van der Waals surface area contributed by atoms with Gasteiger partial charge in [0.1, 0.15) is 11.6 Å². The van der Waals surface area contributed by atoms with Crippen molar-refractivity contribution < 1.29 is 9.59 Å². The molecule has 1 unspecified atom stereocenters. The van der Waals surface area contributed by atoms with Crippen molar-refractivity contribution in [3.05, 3.63) is 17.1 Å². The summed E-state index contributed by atoms with van der Waals surface area (Å²) >= 11 is 0. The van der Waals surface area contributed by atoms with Gasteiger partial charge in [-0.1, -0.05) is 6.42 Å². The van der Waals surface area contributed by atoms with E-state index in [0.717, 1.165) is 81.1 Å². The van der Waals surface area contributed by atoms with Crippen LogP contribution in [0.1, 0.15) is 62.2 Å². The quantitative estimate of drug-likeness (QED) is 0.826. The van der Waals surface area contributed by atoms with E-state index in [1.807, 2.05) is 16.8 Å². The highest BCUT2D eigenvalue weighted by Crippen LogP contribution is 2.32. The summed E-state index contributed by atoms with van der Waals surface area (Å²) in [5.41, 5.74) is 2.06. The molecule has 8 heteroatoms. The summed E-state index contributed by atoms with van der Waals surface area (Å²) < 4.78 is 0. The first-order valence-corrected chi connectivity index (χ1v) is 10.9. The summed E-state index contributed by atoms with van der Waals surface area (Å²) in [6.07, 6.45) is 6.18. The zero-order valence-electron chi connectivity index (χ0n) is 17.6. The molecular formula is C21H32N6O2. The molecule has 0 bridgehead atoms. The smallest absolute Gasteiger partial charge is 0.236 e. The van der Waals surface area contributed by atoms with Crippen LogP contribution in [0.4, 0.5) is 5.82 Å². The first-order valence-electron chi connectivity index (χ1n) is 10.9. The standard InChI is InChI=1S/C21H32N6O2/c1-15(28)26-12-8-16-17(13-26)23-21(24-20(16)22-2)18-7-3-4-11-27(18)14-19(29)25-9-5-6-10-25/h18H,3-14H2,1-2H3,(H,22,23,24). The van der Waals surface area contributed by atoms with Gasteiger partial charge in [0.15, 0.2) is 0 Å². The van der Waals surface area contributed by atoms with Gasteiger partial charge in [-0.2, -0.15) is 0 Å². The third kappa shape index (κ3) is 4.22. The van der Waals surface area contributed by atoms with E-state index in [9.17, 15) is 9.59 Å². The average Bonchev–Trinajstić information content (AvgIpc) is 3.28. The predicted molar refractivity (Wildman–Crippen MR) is 110 cm³/mol. The maximum absolute atomic E-state index is 12.8. The number of likely N-dealkylation sites (tertiary alicyclic amines) is 2. The molecule has 2 amide bonds. The fourth-order valence-electron chi connectivity index (χ4n) is 4.79. The van der Waals surface area contributed by atoms with Crippen LogP contribution in [0.5, 0.6) is 0 Å². The number of aromatic nitrogens is 2. The molecule has 4 heterocycles. The molecule has 0 radical (unpaired) electrons. The van der Waals surface area contributed by atoms with Crippen LogP contribution in [0.2, 0.25) is 0 Å². The van der Waals surface area contributed by atoms with Crippen molar-refractivity contribution >= 4 is 17.6 Å². The van der Waals surface area contributed by atoms with Crippen molar-refractivity contribution in [2.75, 3.05) is 45.1 Å². The van der Waals surface area contributed by atoms with Crippen LogP contribution in [0.25, 0.3) is 0 Å². The number of hydrogen-bond donors (Lipinski definition) is 1. The molecule has 158 valence electrons. The van der Waals surface area contributed by atoms with E-state index in [-0.39, 0.29) is 17.9 Å². The van der Waals surface area contributed by atoms with E-state index >= 15 is 0 Å². The van der Waals surface area contributed by atoms with E-state index in [4.69, 9.17) is 9.97 Å². The molecule has 0 aliphatic carbocycles. The molecule has 3 aliphatic rings. The Hall–Kier alpha value is -2.22. The molecular weight excluding hydrogens is 368 g/mol. The molecule has 29 heavy (non-hydrogen) atoms. The van der Waals surface area contributed by atoms with Crippen LogP contribution in [0.15, 0.2) is 0 Å². The minimum absolute atomic E-state index is 0.0559. The van der Waals surface area contributed by atoms with Crippen LogP contribution in [0.3, 0.4) is 0 Å². The minimum atomic E-state index is 0.0559. The van der Waals surface area contributed by atoms with E-state index < -0.39 is 0 Å². The Morgan fingerprint density at radius 3 is 2.52 bits per heavy atom. The van der Waals surface area contributed by atoms with Crippen molar-refractivity contribution in [3.63, 3.8) is 0 Å².